The summed E-state index contributed by atoms with van der Waals surface area (Å²) in [6, 6.07) is 6.22. The van der Waals surface area contributed by atoms with Crippen LogP contribution < -0.4 is 5.32 Å². The van der Waals surface area contributed by atoms with Crippen LogP contribution in [0, 0.1) is 0 Å². The predicted molar refractivity (Wildman–Crippen MR) is 100 cm³/mol. The van der Waals surface area contributed by atoms with E-state index in [1.165, 1.54) is 16.8 Å². The molecular formula is C19H20FN5O3. The van der Waals surface area contributed by atoms with Crippen LogP contribution in [0.3, 0.4) is 0 Å². The number of hydrogen-bond donors (Lipinski definition) is 3. The van der Waals surface area contributed by atoms with Gasteiger partial charge in [0.05, 0.1) is 17.4 Å². The monoisotopic (exact) mass is 385 g/mol. The molecule has 3 aromatic rings. The summed E-state index contributed by atoms with van der Waals surface area (Å²) < 4.78 is 13.9. The second-order valence-electron chi connectivity index (χ2n) is 6.42. The van der Waals surface area contributed by atoms with Gasteiger partial charge in [-0.15, -0.1) is 10.2 Å². The van der Waals surface area contributed by atoms with Crippen molar-refractivity contribution < 1.29 is 19.4 Å². The Morgan fingerprint density at radius 2 is 2.04 bits per heavy atom. The molecule has 146 valence electrons. The Hall–Kier alpha value is -3.49. The third-order valence-corrected chi connectivity index (χ3v) is 4.16. The van der Waals surface area contributed by atoms with Gasteiger partial charge in [-0.2, -0.15) is 0 Å². The maximum absolute atomic E-state index is 12.4. The highest BCUT2D eigenvalue weighted by Crippen LogP contribution is 2.38. The van der Waals surface area contributed by atoms with Gasteiger partial charge >= 0.3 is 0 Å². The molecule has 0 fully saturated rings. The van der Waals surface area contributed by atoms with Gasteiger partial charge < -0.3 is 15.5 Å². The molecule has 0 saturated heterocycles. The van der Waals surface area contributed by atoms with E-state index in [1.807, 2.05) is 13.8 Å². The van der Waals surface area contributed by atoms with E-state index in [9.17, 15) is 19.4 Å². The fourth-order valence-corrected chi connectivity index (χ4v) is 2.81. The van der Waals surface area contributed by atoms with E-state index in [-0.39, 0.29) is 35.6 Å². The lowest BCUT2D eigenvalue weighted by molar-refractivity contribution is 0.0938. The maximum Gasteiger partial charge on any atom is 0.289 e. The van der Waals surface area contributed by atoms with Gasteiger partial charge in [0, 0.05) is 18.8 Å². The predicted octanol–water partition coefficient (Wildman–Crippen LogP) is 2.56. The molecule has 0 aliphatic rings. The van der Waals surface area contributed by atoms with E-state index in [1.54, 1.807) is 24.4 Å². The first kappa shape index (κ1) is 19.3. The first-order valence-corrected chi connectivity index (χ1v) is 8.70. The van der Waals surface area contributed by atoms with Gasteiger partial charge in [-0.05, 0) is 29.7 Å². The van der Waals surface area contributed by atoms with Crippen LogP contribution in [-0.4, -0.2) is 49.1 Å². The van der Waals surface area contributed by atoms with Crippen LogP contribution in [0.15, 0.2) is 36.7 Å². The number of carbonyl (C=O) groups excluding carboxylic acids is 1. The smallest absolute Gasteiger partial charge is 0.289 e. The molecule has 3 N–H and O–H groups in total. The van der Waals surface area contributed by atoms with Crippen molar-refractivity contribution in [2.24, 2.45) is 0 Å². The number of phenolic OH excluding ortho intramolecular Hbond substituents is 2. The SMILES string of the molecule is CC(C)c1cc(-c2nnc(C(=O)NCCF)n2-c2cccnc2)c(O)cc1O. The van der Waals surface area contributed by atoms with E-state index in [2.05, 4.69) is 20.5 Å². The number of benzene rings is 1. The fourth-order valence-electron chi connectivity index (χ4n) is 2.81. The summed E-state index contributed by atoms with van der Waals surface area (Å²) in [5, 5.41) is 30.9. The van der Waals surface area contributed by atoms with Gasteiger partial charge in [0.1, 0.15) is 18.2 Å². The molecule has 0 aliphatic carbocycles. The Balaban J connectivity index is 2.21. The Bertz CT molecular complexity index is 989. The maximum atomic E-state index is 12.4. The van der Waals surface area contributed by atoms with Gasteiger partial charge in [-0.1, -0.05) is 13.8 Å². The highest BCUT2D eigenvalue weighted by molar-refractivity contribution is 5.92. The normalized spacial score (nSPS) is 11.0. The molecule has 3 rings (SSSR count). The molecule has 0 bridgehead atoms. The summed E-state index contributed by atoms with van der Waals surface area (Å²) in [5.74, 6) is -0.753. The number of hydrogen-bond acceptors (Lipinski definition) is 6. The van der Waals surface area contributed by atoms with Gasteiger partial charge in [0.2, 0.25) is 5.82 Å². The first-order valence-electron chi connectivity index (χ1n) is 8.70. The number of aromatic hydroxyl groups is 2. The zero-order valence-electron chi connectivity index (χ0n) is 15.4. The number of nitrogens with zero attached hydrogens (tertiary/aromatic N) is 4. The molecule has 0 radical (unpaired) electrons. The van der Waals surface area contributed by atoms with E-state index in [4.69, 9.17) is 0 Å². The highest BCUT2D eigenvalue weighted by atomic mass is 19.1. The van der Waals surface area contributed by atoms with Crippen molar-refractivity contribution in [3.63, 3.8) is 0 Å². The zero-order chi connectivity index (χ0) is 20.3. The molecule has 0 atom stereocenters. The molecule has 8 nitrogen and oxygen atoms in total. The van der Waals surface area contributed by atoms with Crippen LogP contribution in [0.2, 0.25) is 0 Å². The van der Waals surface area contributed by atoms with Gasteiger partial charge in [-0.25, -0.2) is 4.39 Å². The molecule has 1 amide bonds. The summed E-state index contributed by atoms with van der Waals surface area (Å²) in [6.07, 6.45) is 3.09. The molecule has 0 saturated carbocycles. The van der Waals surface area contributed by atoms with Crippen LogP contribution in [0.1, 0.15) is 35.9 Å². The van der Waals surface area contributed by atoms with Crippen LogP contribution in [0.4, 0.5) is 4.39 Å². The van der Waals surface area contributed by atoms with E-state index < -0.39 is 12.6 Å². The Kier molecular flexibility index (Phi) is 5.53. The summed E-state index contributed by atoms with van der Waals surface area (Å²) in [5.41, 5.74) is 1.39. The number of phenols is 2. The summed E-state index contributed by atoms with van der Waals surface area (Å²) in [4.78, 5) is 16.5. The quantitative estimate of drug-likeness (QED) is 0.601. The molecule has 2 heterocycles. The summed E-state index contributed by atoms with van der Waals surface area (Å²) in [7, 11) is 0. The standard InChI is InChI=1S/C19H20FN5O3/c1-11(2)13-8-14(16(27)9-15(13)26)17-23-24-18(19(28)22-7-5-20)25(17)12-4-3-6-21-10-12/h3-4,6,8-11,26-27H,5,7H2,1-2H3,(H,22,28). The van der Waals surface area contributed by atoms with Crippen molar-refractivity contribution in [2.45, 2.75) is 19.8 Å². The topological polar surface area (TPSA) is 113 Å². The van der Waals surface area contributed by atoms with Crippen molar-refractivity contribution in [1.82, 2.24) is 25.1 Å². The lowest BCUT2D eigenvalue weighted by Crippen LogP contribution is -2.28. The number of aromatic nitrogens is 4. The second-order valence-corrected chi connectivity index (χ2v) is 6.42. The number of halogens is 1. The average molecular weight is 385 g/mol. The number of pyridine rings is 1. The van der Waals surface area contributed by atoms with Crippen LogP contribution in [-0.2, 0) is 0 Å². The van der Waals surface area contributed by atoms with Crippen molar-refractivity contribution in [1.29, 1.82) is 0 Å². The minimum atomic E-state index is -0.712. The molecule has 1 aromatic carbocycles. The van der Waals surface area contributed by atoms with Gasteiger partial charge in [0.15, 0.2) is 5.82 Å². The molecule has 0 spiro atoms. The number of alkyl halides is 1. The van der Waals surface area contributed by atoms with E-state index >= 15 is 0 Å². The third-order valence-electron chi connectivity index (χ3n) is 4.16. The lowest BCUT2D eigenvalue weighted by Gasteiger charge is -2.14. The Labute approximate surface area is 160 Å². The minimum Gasteiger partial charge on any atom is -0.508 e. The average Bonchev–Trinajstić information content (AvgIpc) is 3.11. The molecule has 0 unspecified atom stereocenters. The van der Waals surface area contributed by atoms with Gasteiger partial charge in [0.25, 0.3) is 5.91 Å². The number of carbonyl (C=O) groups is 1. The van der Waals surface area contributed by atoms with Gasteiger partial charge in [-0.3, -0.25) is 14.3 Å². The van der Waals surface area contributed by atoms with Crippen molar-refractivity contribution in [3.05, 3.63) is 48.0 Å². The van der Waals surface area contributed by atoms with Crippen molar-refractivity contribution >= 4 is 5.91 Å². The van der Waals surface area contributed by atoms with E-state index in [0.717, 1.165) is 0 Å². The molecule has 28 heavy (non-hydrogen) atoms. The number of amides is 1. The zero-order valence-corrected chi connectivity index (χ0v) is 15.4. The van der Waals surface area contributed by atoms with Crippen LogP contribution in [0.5, 0.6) is 11.5 Å². The summed E-state index contributed by atoms with van der Waals surface area (Å²) in [6.45, 7) is 2.93. The molecular weight excluding hydrogens is 365 g/mol. The first-order chi connectivity index (χ1) is 13.4. The third kappa shape index (κ3) is 3.64. The van der Waals surface area contributed by atoms with Crippen LogP contribution in [0.25, 0.3) is 17.1 Å². The lowest BCUT2D eigenvalue weighted by atomic mass is 9.98. The second kappa shape index (κ2) is 8.03. The summed E-state index contributed by atoms with van der Waals surface area (Å²) >= 11 is 0. The molecule has 2 aromatic heterocycles. The highest BCUT2D eigenvalue weighted by Gasteiger charge is 2.24. The largest absolute Gasteiger partial charge is 0.508 e. The Morgan fingerprint density at radius 1 is 1.25 bits per heavy atom. The number of rotatable bonds is 6. The van der Waals surface area contributed by atoms with E-state index in [0.29, 0.717) is 16.8 Å². The molecule has 0 aliphatic heterocycles. The van der Waals surface area contributed by atoms with Crippen molar-refractivity contribution in [3.8, 4) is 28.6 Å². The molecule has 9 heteroatoms. The van der Waals surface area contributed by atoms with Crippen molar-refractivity contribution in [2.75, 3.05) is 13.2 Å². The Morgan fingerprint density at radius 3 is 2.68 bits per heavy atom. The van der Waals surface area contributed by atoms with Crippen LogP contribution >= 0.6 is 0 Å². The number of nitrogens with one attached hydrogen (secondary N) is 1. The minimum absolute atomic E-state index is 0.0126. The fraction of sp³-hybridized carbons (Fsp3) is 0.263.